The lowest BCUT2D eigenvalue weighted by atomic mass is 10.0. The minimum Gasteiger partial charge on any atom is -0.488 e. The number of aromatic nitrogens is 1. The Balaban J connectivity index is 1.29. The molecule has 1 amide bonds. The predicted octanol–water partition coefficient (Wildman–Crippen LogP) is 7.31. The molecule has 1 heterocycles. The number of rotatable bonds is 8. The van der Waals surface area contributed by atoms with E-state index in [0.29, 0.717) is 28.1 Å². The van der Waals surface area contributed by atoms with Crippen LogP contribution in [0.1, 0.15) is 21.5 Å². The first-order chi connectivity index (χ1) is 20.6. The molecule has 8 heteroatoms. The van der Waals surface area contributed by atoms with Crippen molar-refractivity contribution < 1.29 is 14.5 Å². The van der Waals surface area contributed by atoms with E-state index in [2.05, 4.69) is 10.5 Å². The van der Waals surface area contributed by atoms with Crippen LogP contribution in [-0.2, 0) is 6.61 Å². The van der Waals surface area contributed by atoms with Gasteiger partial charge in [-0.25, -0.2) is 10.4 Å². The predicted molar refractivity (Wildman–Crippen MR) is 164 cm³/mol. The summed E-state index contributed by atoms with van der Waals surface area (Å²) in [6.45, 7) is 0.203. The number of benzene rings is 5. The third-order valence-electron chi connectivity index (χ3n) is 6.86. The number of non-ortho nitro benzene ring substituents is 1. The van der Waals surface area contributed by atoms with Gasteiger partial charge in [0.15, 0.2) is 0 Å². The Bertz CT molecular complexity index is 1960. The summed E-state index contributed by atoms with van der Waals surface area (Å²) in [6, 6.07) is 36.8. The van der Waals surface area contributed by atoms with Gasteiger partial charge in [0.1, 0.15) is 12.4 Å². The number of carbonyl (C=O) groups is 1. The Kier molecular flexibility index (Phi) is 7.33. The number of ether oxygens (including phenoxy) is 1. The largest absolute Gasteiger partial charge is 0.488 e. The second-order valence-corrected chi connectivity index (χ2v) is 9.55. The molecule has 6 aromatic rings. The molecule has 204 valence electrons. The lowest BCUT2D eigenvalue weighted by Crippen LogP contribution is -2.18. The fraction of sp³-hybridized carbons (Fsp3) is 0.0294. The first-order valence-corrected chi connectivity index (χ1v) is 13.2. The van der Waals surface area contributed by atoms with E-state index in [1.54, 1.807) is 24.4 Å². The third kappa shape index (κ3) is 5.55. The molecular weight excluding hydrogens is 528 g/mol. The van der Waals surface area contributed by atoms with Crippen LogP contribution < -0.4 is 10.2 Å². The molecule has 0 saturated carbocycles. The number of nitrogens with zero attached hydrogens (tertiary/aromatic N) is 3. The Labute approximate surface area is 241 Å². The highest BCUT2D eigenvalue weighted by molar-refractivity contribution is 6.08. The van der Waals surface area contributed by atoms with Crippen LogP contribution in [0.25, 0.3) is 32.9 Å². The van der Waals surface area contributed by atoms with Gasteiger partial charge in [-0.3, -0.25) is 14.9 Å². The molecule has 0 bridgehead atoms. The molecule has 0 atom stereocenters. The number of hydrogen-bond acceptors (Lipinski definition) is 6. The van der Waals surface area contributed by atoms with Crippen molar-refractivity contribution in [1.82, 2.24) is 10.4 Å². The summed E-state index contributed by atoms with van der Waals surface area (Å²) in [5.41, 5.74) is 6.96. The summed E-state index contributed by atoms with van der Waals surface area (Å²) in [7, 11) is 0. The van der Waals surface area contributed by atoms with Gasteiger partial charge in [0.25, 0.3) is 11.6 Å². The maximum absolute atomic E-state index is 13.4. The van der Waals surface area contributed by atoms with E-state index in [0.717, 1.165) is 27.3 Å². The van der Waals surface area contributed by atoms with Crippen LogP contribution >= 0.6 is 0 Å². The summed E-state index contributed by atoms with van der Waals surface area (Å²) >= 11 is 0. The molecule has 0 aliphatic heterocycles. The van der Waals surface area contributed by atoms with Gasteiger partial charge in [-0.1, -0.05) is 78.9 Å². The highest BCUT2D eigenvalue weighted by Gasteiger charge is 2.14. The number of amides is 1. The van der Waals surface area contributed by atoms with Crippen molar-refractivity contribution in [2.75, 3.05) is 0 Å². The molecule has 0 aliphatic rings. The zero-order valence-corrected chi connectivity index (χ0v) is 22.3. The van der Waals surface area contributed by atoms with Crippen molar-refractivity contribution in [3.8, 4) is 17.0 Å². The van der Waals surface area contributed by atoms with Crippen molar-refractivity contribution in [1.29, 1.82) is 0 Å². The van der Waals surface area contributed by atoms with E-state index in [4.69, 9.17) is 9.72 Å². The second kappa shape index (κ2) is 11.7. The molecule has 0 saturated heterocycles. The molecule has 8 nitrogen and oxygen atoms in total. The highest BCUT2D eigenvalue weighted by atomic mass is 16.6. The first kappa shape index (κ1) is 26.3. The van der Waals surface area contributed by atoms with Gasteiger partial charge in [0.05, 0.1) is 27.9 Å². The summed E-state index contributed by atoms with van der Waals surface area (Å²) in [5, 5.41) is 17.9. The molecule has 0 fully saturated rings. The smallest absolute Gasteiger partial charge is 0.272 e. The average molecular weight is 553 g/mol. The Morgan fingerprint density at radius 1 is 0.857 bits per heavy atom. The number of carbonyl (C=O) groups excluding carboxylic acids is 1. The van der Waals surface area contributed by atoms with Crippen molar-refractivity contribution >= 4 is 39.5 Å². The lowest BCUT2D eigenvalue weighted by Gasteiger charge is -2.12. The lowest BCUT2D eigenvalue weighted by molar-refractivity contribution is -0.384. The third-order valence-corrected chi connectivity index (χ3v) is 6.86. The van der Waals surface area contributed by atoms with E-state index in [9.17, 15) is 14.9 Å². The maximum atomic E-state index is 13.4. The molecule has 0 spiro atoms. The fourth-order valence-electron chi connectivity index (χ4n) is 4.75. The maximum Gasteiger partial charge on any atom is 0.272 e. The number of nitro benzene ring substituents is 1. The number of para-hydroxylation sites is 1. The van der Waals surface area contributed by atoms with Gasteiger partial charge in [0, 0.05) is 28.6 Å². The van der Waals surface area contributed by atoms with Crippen LogP contribution in [0.3, 0.4) is 0 Å². The Morgan fingerprint density at radius 2 is 1.57 bits per heavy atom. The van der Waals surface area contributed by atoms with Crippen LogP contribution in [0.15, 0.2) is 126 Å². The van der Waals surface area contributed by atoms with Crippen LogP contribution in [0.4, 0.5) is 5.69 Å². The van der Waals surface area contributed by atoms with E-state index in [1.807, 2.05) is 91.0 Å². The van der Waals surface area contributed by atoms with Gasteiger partial charge >= 0.3 is 0 Å². The van der Waals surface area contributed by atoms with Crippen molar-refractivity contribution in [2.45, 2.75) is 6.61 Å². The molecule has 5 aromatic carbocycles. The zero-order valence-electron chi connectivity index (χ0n) is 22.3. The summed E-state index contributed by atoms with van der Waals surface area (Å²) in [5.74, 6) is 0.196. The molecule has 1 aromatic heterocycles. The topological polar surface area (TPSA) is 107 Å². The van der Waals surface area contributed by atoms with Crippen molar-refractivity contribution in [3.63, 3.8) is 0 Å². The van der Waals surface area contributed by atoms with E-state index >= 15 is 0 Å². The summed E-state index contributed by atoms with van der Waals surface area (Å²) < 4.78 is 6.11. The number of pyridine rings is 1. The van der Waals surface area contributed by atoms with Crippen LogP contribution in [-0.4, -0.2) is 22.0 Å². The normalized spacial score (nSPS) is 11.1. The summed E-state index contributed by atoms with van der Waals surface area (Å²) in [6.07, 6.45) is 1.58. The van der Waals surface area contributed by atoms with Gasteiger partial charge in [0.2, 0.25) is 0 Å². The number of nitro groups is 1. The Hall–Kier alpha value is -5.89. The van der Waals surface area contributed by atoms with Crippen LogP contribution in [0, 0.1) is 10.1 Å². The SMILES string of the molecule is O=C(N/N=C\c1c(OCc2ccc([N+](=O)[O-])cc2)ccc2ccccc12)c1cc(-c2ccccc2)nc2ccccc12. The molecule has 0 aliphatic carbocycles. The molecule has 6 rings (SSSR count). The molecule has 0 unspecified atom stereocenters. The molecule has 0 radical (unpaired) electrons. The van der Waals surface area contributed by atoms with Crippen LogP contribution in [0.2, 0.25) is 0 Å². The van der Waals surface area contributed by atoms with Crippen LogP contribution in [0.5, 0.6) is 5.75 Å². The number of hydrogen-bond donors (Lipinski definition) is 1. The van der Waals surface area contributed by atoms with Gasteiger partial charge < -0.3 is 4.74 Å². The average Bonchev–Trinajstić information content (AvgIpc) is 3.04. The Morgan fingerprint density at radius 3 is 2.36 bits per heavy atom. The molecule has 42 heavy (non-hydrogen) atoms. The minimum atomic E-state index is -0.436. The molecule has 1 N–H and O–H groups in total. The minimum absolute atomic E-state index is 0.0193. The number of fused-ring (bicyclic) bond motifs is 2. The van der Waals surface area contributed by atoms with Crippen molar-refractivity contribution in [3.05, 3.63) is 148 Å². The second-order valence-electron chi connectivity index (χ2n) is 9.55. The monoisotopic (exact) mass is 552 g/mol. The first-order valence-electron chi connectivity index (χ1n) is 13.2. The zero-order chi connectivity index (χ0) is 28.9. The highest BCUT2D eigenvalue weighted by Crippen LogP contribution is 2.28. The fourth-order valence-corrected chi connectivity index (χ4v) is 4.75. The van der Waals surface area contributed by atoms with Gasteiger partial charge in [-0.15, -0.1) is 0 Å². The standard InChI is InChI=1S/C34H24N4O4/c39-34(29-20-32(25-9-2-1-3-10-25)36-31-13-7-6-12-28(29)31)37-35-21-30-27-11-5-4-8-24(27)16-19-33(30)42-22-23-14-17-26(18-15-23)38(40)41/h1-21H,22H2,(H,37,39)/b35-21-. The number of hydrazone groups is 1. The number of nitrogens with one attached hydrogen (secondary N) is 1. The van der Waals surface area contributed by atoms with E-state index in [1.165, 1.54) is 12.1 Å². The molecular formula is C34H24N4O4. The van der Waals surface area contributed by atoms with Gasteiger partial charge in [-0.2, -0.15) is 5.10 Å². The quantitative estimate of drug-likeness (QED) is 0.121. The van der Waals surface area contributed by atoms with Crippen molar-refractivity contribution in [2.24, 2.45) is 5.10 Å². The van der Waals surface area contributed by atoms with Gasteiger partial charge in [-0.05, 0) is 46.7 Å². The van der Waals surface area contributed by atoms with E-state index in [-0.39, 0.29) is 18.2 Å². The van der Waals surface area contributed by atoms with E-state index < -0.39 is 4.92 Å². The summed E-state index contributed by atoms with van der Waals surface area (Å²) in [4.78, 5) is 28.7.